The summed E-state index contributed by atoms with van der Waals surface area (Å²) in [6.45, 7) is 0.0633. The summed E-state index contributed by atoms with van der Waals surface area (Å²) >= 11 is 5.55. The molecule has 0 aliphatic rings. The molecule has 21 heavy (non-hydrogen) atoms. The zero-order valence-electron chi connectivity index (χ0n) is 10.5. The highest BCUT2D eigenvalue weighted by Crippen LogP contribution is 2.36. The largest absolute Gasteiger partial charge is 0.467 e. The van der Waals surface area contributed by atoms with E-state index >= 15 is 0 Å². The minimum absolute atomic E-state index is 0.0633. The molecule has 112 valence electrons. The van der Waals surface area contributed by atoms with Gasteiger partial charge in [0.25, 0.3) is 0 Å². The number of halogens is 4. The number of anilines is 1. The minimum Gasteiger partial charge on any atom is -0.467 e. The molecule has 0 radical (unpaired) electrons. The van der Waals surface area contributed by atoms with Gasteiger partial charge in [-0.2, -0.15) is 13.2 Å². The highest BCUT2D eigenvalue weighted by molar-refractivity contribution is 6.30. The maximum Gasteiger partial charge on any atom is 0.418 e. The third-order valence-corrected chi connectivity index (χ3v) is 2.77. The van der Waals surface area contributed by atoms with Gasteiger partial charge < -0.3 is 15.1 Å². The summed E-state index contributed by atoms with van der Waals surface area (Å²) in [5.41, 5.74) is -1.38. The van der Waals surface area contributed by atoms with Crippen LogP contribution in [0.5, 0.6) is 0 Å². The number of hydrogen-bond donors (Lipinski definition) is 2. The second-order valence-electron chi connectivity index (χ2n) is 4.07. The number of urea groups is 1. The second-order valence-corrected chi connectivity index (χ2v) is 4.51. The molecule has 0 fully saturated rings. The molecular weight excluding hydrogens is 309 g/mol. The molecule has 0 bridgehead atoms. The fourth-order valence-corrected chi connectivity index (χ4v) is 1.78. The van der Waals surface area contributed by atoms with Crippen LogP contribution in [0.1, 0.15) is 11.3 Å². The molecule has 1 aromatic carbocycles. The maximum absolute atomic E-state index is 12.8. The summed E-state index contributed by atoms with van der Waals surface area (Å²) in [5, 5.41) is 4.45. The summed E-state index contributed by atoms with van der Waals surface area (Å²) in [6.07, 6.45) is -3.19. The van der Waals surface area contributed by atoms with Gasteiger partial charge in [0.1, 0.15) is 5.76 Å². The number of carbonyl (C=O) groups excluding carboxylic acids is 1. The molecule has 4 nitrogen and oxygen atoms in total. The Labute approximate surface area is 122 Å². The van der Waals surface area contributed by atoms with Gasteiger partial charge in [0, 0.05) is 5.02 Å². The first-order chi connectivity index (χ1) is 9.86. The summed E-state index contributed by atoms with van der Waals surface area (Å²) < 4.78 is 43.5. The molecular formula is C13H10ClF3N2O2. The van der Waals surface area contributed by atoms with Gasteiger partial charge >= 0.3 is 12.2 Å². The Bertz CT molecular complexity index is 627. The highest BCUT2D eigenvalue weighted by Gasteiger charge is 2.34. The first kappa shape index (κ1) is 15.2. The van der Waals surface area contributed by atoms with Gasteiger partial charge in [0.15, 0.2) is 0 Å². The second kappa shape index (κ2) is 6.09. The van der Waals surface area contributed by atoms with E-state index in [4.69, 9.17) is 16.0 Å². The van der Waals surface area contributed by atoms with Gasteiger partial charge in [0.05, 0.1) is 24.1 Å². The highest BCUT2D eigenvalue weighted by atomic mass is 35.5. The average Bonchev–Trinajstić information content (AvgIpc) is 2.90. The van der Waals surface area contributed by atoms with E-state index in [2.05, 4.69) is 10.6 Å². The topological polar surface area (TPSA) is 54.3 Å². The third-order valence-electron chi connectivity index (χ3n) is 2.54. The number of hydrogen-bond acceptors (Lipinski definition) is 2. The predicted molar refractivity (Wildman–Crippen MR) is 71.0 cm³/mol. The molecule has 0 saturated carbocycles. The Morgan fingerprint density at radius 2 is 2.05 bits per heavy atom. The van der Waals surface area contributed by atoms with Crippen LogP contribution in [0.2, 0.25) is 5.02 Å². The van der Waals surface area contributed by atoms with Crippen molar-refractivity contribution in [2.45, 2.75) is 12.7 Å². The van der Waals surface area contributed by atoms with Crippen LogP contribution < -0.4 is 10.6 Å². The van der Waals surface area contributed by atoms with E-state index in [0.29, 0.717) is 5.76 Å². The SMILES string of the molecule is O=C(NCc1ccco1)Nc1ccc(Cl)cc1C(F)(F)F. The van der Waals surface area contributed by atoms with Crippen LogP contribution in [-0.4, -0.2) is 6.03 Å². The van der Waals surface area contributed by atoms with Crippen molar-refractivity contribution in [3.05, 3.63) is 52.9 Å². The number of benzene rings is 1. The predicted octanol–water partition coefficient (Wildman–Crippen LogP) is 4.27. The van der Waals surface area contributed by atoms with E-state index in [1.807, 2.05) is 0 Å². The number of furan rings is 1. The van der Waals surface area contributed by atoms with Crippen LogP contribution in [0.15, 0.2) is 41.0 Å². The lowest BCUT2D eigenvalue weighted by Crippen LogP contribution is -2.29. The average molecular weight is 319 g/mol. The zero-order chi connectivity index (χ0) is 15.5. The van der Waals surface area contributed by atoms with Crippen LogP contribution in [-0.2, 0) is 12.7 Å². The standard InChI is InChI=1S/C13H10ClF3N2O2/c14-8-3-4-11(10(6-8)13(15,16)17)19-12(20)18-7-9-2-1-5-21-9/h1-6H,7H2,(H2,18,19,20). The summed E-state index contributed by atoms with van der Waals surface area (Å²) in [7, 11) is 0. The third kappa shape index (κ3) is 4.16. The van der Waals surface area contributed by atoms with Crippen LogP contribution >= 0.6 is 11.6 Å². The molecule has 1 aromatic heterocycles. The molecule has 2 amide bonds. The van der Waals surface area contributed by atoms with E-state index in [1.165, 1.54) is 12.3 Å². The molecule has 2 aromatic rings. The first-order valence-corrected chi connectivity index (χ1v) is 6.18. The lowest BCUT2D eigenvalue weighted by molar-refractivity contribution is -0.136. The Morgan fingerprint density at radius 1 is 1.29 bits per heavy atom. The minimum atomic E-state index is -4.62. The molecule has 0 aliphatic carbocycles. The van der Waals surface area contributed by atoms with Gasteiger partial charge in [-0.05, 0) is 30.3 Å². The van der Waals surface area contributed by atoms with Crippen molar-refractivity contribution in [2.24, 2.45) is 0 Å². The lowest BCUT2D eigenvalue weighted by Gasteiger charge is -2.14. The van der Waals surface area contributed by atoms with E-state index in [-0.39, 0.29) is 17.3 Å². The normalized spacial score (nSPS) is 11.2. The van der Waals surface area contributed by atoms with Crippen LogP contribution in [0.25, 0.3) is 0 Å². The van der Waals surface area contributed by atoms with E-state index in [9.17, 15) is 18.0 Å². The number of rotatable bonds is 3. The molecule has 2 N–H and O–H groups in total. The van der Waals surface area contributed by atoms with E-state index in [1.54, 1.807) is 12.1 Å². The smallest absolute Gasteiger partial charge is 0.418 e. The van der Waals surface area contributed by atoms with Crippen molar-refractivity contribution >= 4 is 23.3 Å². The van der Waals surface area contributed by atoms with Crippen molar-refractivity contribution in [3.63, 3.8) is 0 Å². The fourth-order valence-electron chi connectivity index (χ4n) is 1.61. The van der Waals surface area contributed by atoms with Crippen molar-refractivity contribution in [1.82, 2.24) is 5.32 Å². The summed E-state index contributed by atoms with van der Waals surface area (Å²) in [5.74, 6) is 0.484. The van der Waals surface area contributed by atoms with Crippen LogP contribution in [0.3, 0.4) is 0 Å². The monoisotopic (exact) mass is 318 g/mol. The quantitative estimate of drug-likeness (QED) is 0.887. The van der Waals surface area contributed by atoms with Crippen molar-refractivity contribution in [3.8, 4) is 0 Å². The van der Waals surface area contributed by atoms with Gasteiger partial charge in [-0.15, -0.1) is 0 Å². The molecule has 8 heteroatoms. The first-order valence-electron chi connectivity index (χ1n) is 5.80. The van der Waals surface area contributed by atoms with Crippen molar-refractivity contribution in [2.75, 3.05) is 5.32 Å². The van der Waals surface area contributed by atoms with Crippen molar-refractivity contribution in [1.29, 1.82) is 0 Å². The Morgan fingerprint density at radius 3 is 2.67 bits per heavy atom. The fraction of sp³-hybridized carbons (Fsp3) is 0.154. The number of carbonyl (C=O) groups is 1. The molecule has 0 spiro atoms. The molecule has 2 rings (SSSR count). The number of alkyl halides is 3. The zero-order valence-corrected chi connectivity index (χ0v) is 11.3. The van der Waals surface area contributed by atoms with Gasteiger partial charge in [-0.3, -0.25) is 0 Å². The summed E-state index contributed by atoms with van der Waals surface area (Å²) in [6, 6.07) is 5.60. The molecule has 0 atom stereocenters. The molecule has 0 aliphatic heterocycles. The van der Waals surface area contributed by atoms with Crippen LogP contribution in [0, 0.1) is 0 Å². The molecule has 0 unspecified atom stereocenters. The Hall–Kier alpha value is -2.15. The summed E-state index contributed by atoms with van der Waals surface area (Å²) in [4.78, 5) is 11.6. The van der Waals surface area contributed by atoms with Gasteiger partial charge in [-0.25, -0.2) is 4.79 Å². The van der Waals surface area contributed by atoms with Gasteiger partial charge in [0.2, 0.25) is 0 Å². The van der Waals surface area contributed by atoms with E-state index in [0.717, 1.165) is 12.1 Å². The Balaban J connectivity index is 2.06. The van der Waals surface area contributed by atoms with Crippen LogP contribution in [0.4, 0.5) is 23.7 Å². The maximum atomic E-state index is 12.8. The lowest BCUT2D eigenvalue weighted by atomic mass is 10.1. The number of nitrogens with one attached hydrogen (secondary N) is 2. The van der Waals surface area contributed by atoms with Crippen molar-refractivity contribution < 1.29 is 22.4 Å². The Kier molecular flexibility index (Phi) is 4.42. The molecule has 0 saturated heterocycles. The number of amides is 2. The van der Waals surface area contributed by atoms with E-state index < -0.39 is 17.8 Å². The van der Waals surface area contributed by atoms with Gasteiger partial charge in [-0.1, -0.05) is 11.6 Å². The molecule has 1 heterocycles.